The first kappa shape index (κ1) is 17.0. The van der Waals surface area contributed by atoms with Gasteiger partial charge in [0.1, 0.15) is 0 Å². The molecule has 0 aromatic heterocycles. The van der Waals surface area contributed by atoms with Crippen LogP contribution in [0.25, 0.3) is 0 Å². The van der Waals surface area contributed by atoms with Crippen molar-refractivity contribution < 1.29 is 8.42 Å². The molecule has 114 valence electrons. The number of nitrogens with zero attached hydrogens (tertiary/aromatic N) is 1. The second-order valence-electron chi connectivity index (χ2n) is 5.65. The molecule has 5 heteroatoms. The Labute approximate surface area is 123 Å². The number of nitrogens with one attached hydrogen (secondary N) is 1. The van der Waals surface area contributed by atoms with Crippen molar-refractivity contribution in [3.05, 3.63) is 24.3 Å². The lowest BCUT2D eigenvalue weighted by Gasteiger charge is -2.30. The third kappa shape index (κ3) is 5.13. The van der Waals surface area contributed by atoms with E-state index in [1.807, 2.05) is 12.1 Å². The Morgan fingerprint density at radius 1 is 1.05 bits per heavy atom. The van der Waals surface area contributed by atoms with Crippen LogP contribution in [0.2, 0.25) is 0 Å². The van der Waals surface area contributed by atoms with Crippen LogP contribution in [0.4, 0.5) is 5.69 Å². The molecule has 0 unspecified atom stereocenters. The van der Waals surface area contributed by atoms with Crippen molar-refractivity contribution in [2.75, 3.05) is 24.7 Å². The van der Waals surface area contributed by atoms with Crippen molar-refractivity contribution in [2.24, 2.45) is 0 Å². The van der Waals surface area contributed by atoms with E-state index in [-0.39, 0.29) is 0 Å². The molecule has 0 atom stereocenters. The lowest BCUT2D eigenvalue weighted by atomic mass is 10.2. The summed E-state index contributed by atoms with van der Waals surface area (Å²) in [7, 11) is -3.11. The first-order chi connectivity index (χ1) is 9.21. The second-order valence-corrected chi connectivity index (χ2v) is 7.66. The average Bonchev–Trinajstić information content (AvgIpc) is 2.33. The van der Waals surface area contributed by atoms with Gasteiger partial charge in [0.15, 0.2) is 9.84 Å². The van der Waals surface area contributed by atoms with Crippen LogP contribution >= 0.6 is 0 Å². The van der Waals surface area contributed by atoms with E-state index in [1.165, 1.54) is 6.26 Å². The fourth-order valence-corrected chi connectivity index (χ4v) is 2.89. The van der Waals surface area contributed by atoms with Crippen LogP contribution in [0.15, 0.2) is 29.2 Å². The van der Waals surface area contributed by atoms with Gasteiger partial charge in [-0.25, -0.2) is 8.42 Å². The van der Waals surface area contributed by atoms with E-state index in [2.05, 4.69) is 37.9 Å². The number of rotatable bonds is 7. The molecule has 1 aromatic carbocycles. The molecule has 0 saturated carbocycles. The molecule has 0 saturated heterocycles. The SMILES string of the molecule is CC(C)N(CCNc1ccc(S(C)(=O)=O)cc1)C(C)C. The van der Waals surface area contributed by atoms with Gasteiger partial charge < -0.3 is 5.32 Å². The fourth-order valence-electron chi connectivity index (χ4n) is 2.26. The highest BCUT2D eigenvalue weighted by molar-refractivity contribution is 7.90. The maximum absolute atomic E-state index is 11.4. The molecule has 4 nitrogen and oxygen atoms in total. The van der Waals surface area contributed by atoms with Gasteiger partial charge in [0.2, 0.25) is 0 Å². The quantitative estimate of drug-likeness (QED) is 0.840. The van der Waals surface area contributed by atoms with Gasteiger partial charge in [-0.1, -0.05) is 0 Å². The molecule has 0 heterocycles. The van der Waals surface area contributed by atoms with E-state index in [9.17, 15) is 8.42 Å². The van der Waals surface area contributed by atoms with Crippen molar-refractivity contribution in [3.8, 4) is 0 Å². The predicted molar refractivity (Wildman–Crippen MR) is 85.0 cm³/mol. The second kappa shape index (κ2) is 7.09. The summed E-state index contributed by atoms with van der Waals surface area (Å²) in [5, 5.41) is 3.33. The van der Waals surface area contributed by atoms with Crippen LogP contribution in [0.3, 0.4) is 0 Å². The Bertz CT molecular complexity index is 499. The van der Waals surface area contributed by atoms with Gasteiger partial charge >= 0.3 is 0 Å². The number of sulfone groups is 1. The maximum Gasteiger partial charge on any atom is 0.175 e. The van der Waals surface area contributed by atoms with E-state index >= 15 is 0 Å². The van der Waals surface area contributed by atoms with Crippen molar-refractivity contribution in [3.63, 3.8) is 0 Å². The van der Waals surface area contributed by atoms with Gasteiger partial charge in [0, 0.05) is 37.1 Å². The fraction of sp³-hybridized carbons (Fsp3) is 0.600. The molecule has 0 fully saturated rings. The van der Waals surface area contributed by atoms with Gasteiger partial charge in [-0.15, -0.1) is 0 Å². The first-order valence-corrected chi connectivity index (χ1v) is 8.90. The van der Waals surface area contributed by atoms with E-state index < -0.39 is 9.84 Å². The molecule has 1 aromatic rings. The van der Waals surface area contributed by atoms with Crippen LogP contribution in [-0.2, 0) is 9.84 Å². The van der Waals surface area contributed by atoms with Crippen molar-refractivity contribution >= 4 is 15.5 Å². The molecule has 1 N–H and O–H groups in total. The topological polar surface area (TPSA) is 49.4 Å². The van der Waals surface area contributed by atoms with Crippen LogP contribution in [0.5, 0.6) is 0 Å². The zero-order valence-electron chi connectivity index (χ0n) is 13.1. The highest BCUT2D eigenvalue weighted by Gasteiger charge is 2.12. The zero-order valence-corrected chi connectivity index (χ0v) is 13.9. The van der Waals surface area contributed by atoms with Gasteiger partial charge in [0.25, 0.3) is 0 Å². The third-order valence-electron chi connectivity index (χ3n) is 3.31. The maximum atomic E-state index is 11.4. The van der Waals surface area contributed by atoms with E-state index in [1.54, 1.807) is 12.1 Å². The van der Waals surface area contributed by atoms with E-state index in [0.29, 0.717) is 17.0 Å². The first-order valence-electron chi connectivity index (χ1n) is 7.01. The summed E-state index contributed by atoms with van der Waals surface area (Å²) in [6, 6.07) is 7.94. The minimum Gasteiger partial charge on any atom is -0.384 e. The summed E-state index contributed by atoms with van der Waals surface area (Å²) in [5.74, 6) is 0. The molecule has 0 amide bonds. The summed E-state index contributed by atoms with van der Waals surface area (Å²) in [6.07, 6.45) is 1.22. The summed E-state index contributed by atoms with van der Waals surface area (Å²) >= 11 is 0. The van der Waals surface area contributed by atoms with Gasteiger partial charge in [0.05, 0.1) is 4.90 Å². The van der Waals surface area contributed by atoms with Crippen LogP contribution in [0, 0.1) is 0 Å². The molecule has 0 aliphatic carbocycles. The number of hydrogen-bond acceptors (Lipinski definition) is 4. The molecule has 0 aliphatic heterocycles. The normalized spacial score (nSPS) is 12.4. The van der Waals surface area contributed by atoms with Crippen LogP contribution < -0.4 is 5.32 Å². The van der Waals surface area contributed by atoms with Crippen LogP contribution in [0.1, 0.15) is 27.7 Å². The molecule has 20 heavy (non-hydrogen) atoms. The number of hydrogen-bond donors (Lipinski definition) is 1. The lowest BCUT2D eigenvalue weighted by molar-refractivity contribution is 0.182. The molecule has 0 radical (unpaired) electrons. The van der Waals surface area contributed by atoms with Gasteiger partial charge in [-0.05, 0) is 52.0 Å². The Morgan fingerprint density at radius 2 is 1.55 bits per heavy atom. The summed E-state index contributed by atoms with van der Waals surface area (Å²) in [6.45, 7) is 10.6. The Kier molecular flexibility index (Phi) is 6.02. The molecule has 0 bridgehead atoms. The largest absolute Gasteiger partial charge is 0.384 e. The molecule has 0 aliphatic rings. The third-order valence-corrected chi connectivity index (χ3v) is 4.44. The average molecular weight is 298 g/mol. The van der Waals surface area contributed by atoms with Crippen molar-refractivity contribution in [1.82, 2.24) is 4.90 Å². The minimum absolute atomic E-state index is 0.356. The lowest BCUT2D eigenvalue weighted by Crippen LogP contribution is -2.40. The Balaban J connectivity index is 2.54. The number of benzene rings is 1. The van der Waals surface area contributed by atoms with E-state index in [4.69, 9.17) is 0 Å². The van der Waals surface area contributed by atoms with Gasteiger partial charge in [-0.2, -0.15) is 0 Å². The van der Waals surface area contributed by atoms with Gasteiger partial charge in [-0.3, -0.25) is 4.90 Å². The van der Waals surface area contributed by atoms with Crippen molar-refractivity contribution in [1.29, 1.82) is 0 Å². The molecule has 0 spiro atoms. The summed E-state index contributed by atoms with van der Waals surface area (Å²) in [5.41, 5.74) is 0.949. The predicted octanol–water partition coefficient (Wildman–Crippen LogP) is 2.62. The number of anilines is 1. The highest BCUT2D eigenvalue weighted by atomic mass is 32.2. The molecular formula is C15H26N2O2S. The monoisotopic (exact) mass is 298 g/mol. The molecule has 1 rings (SSSR count). The van der Waals surface area contributed by atoms with Crippen LogP contribution in [-0.4, -0.2) is 44.7 Å². The Morgan fingerprint density at radius 3 is 1.95 bits per heavy atom. The standard InChI is InChI=1S/C15H26N2O2S/c1-12(2)17(13(3)4)11-10-16-14-6-8-15(9-7-14)20(5,18)19/h6-9,12-13,16H,10-11H2,1-5H3. The minimum atomic E-state index is -3.11. The summed E-state index contributed by atoms with van der Waals surface area (Å²) < 4.78 is 22.7. The Hall–Kier alpha value is -1.07. The molecular weight excluding hydrogens is 272 g/mol. The zero-order chi connectivity index (χ0) is 15.3. The highest BCUT2D eigenvalue weighted by Crippen LogP contribution is 2.14. The summed E-state index contributed by atoms with van der Waals surface area (Å²) in [4.78, 5) is 2.77. The smallest absolute Gasteiger partial charge is 0.175 e. The van der Waals surface area contributed by atoms with E-state index in [0.717, 1.165) is 18.8 Å². The van der Waals surface area contributed by atoms with Crippen molar-refractivity contribution in [2.45, 2.75) is 44.7 Å².